The van der Waals surface area contributed by atoms with E-state index in [9.17, 15) is 26.0 Å². The Morgan fingerprint density at radius 1 is 1.10 bits per heavy atom. The smallest absolute Gasteiger partial charge is 0.230 e. The minimum atomic E-state index is -4.03. The van der Waals surface area contributed by atoms with Crippen LogP contribution in [0.4, 0.5) is 17.6 Å². The predicted octanol–water partition coefficient (Wildman–Crippen LogP) is 4.34. The van der Waals surface area contributed by atoms with Gasteiger partial charge in [0.05, 0.1) is 17.3 Å². The van der Waals surface area contributed by atoms with E-state index in [1.807, 2.05) is 6.07 Å². The summed E-state index contributed by atoms with van der Waals surface area (Å²) in [5.41, 5.74) is 0.0815. The van der Waals surface area contributed by atoms with Crippen LogP contribution in [0.1, 0.15) is 23.2 Å². The van der Waals surface area contributed by atoms with E-state index in [2.05, 4.69) is 5.10 Å². The number of aromatic nitrogens is 2. The Kier molecular flexibility index (Phi) is 5.19. The maximum Gasteiger partial charge on any atom is 0.282 e. The van der Waals surface area contributed by atoms with Gasteiger partial charge in [0.25, 0.3) is 6.43 Å². The first-order valence-electron chi connectivity index (χ1n) is 8.11. The number of rotatable bonds is 4. The molecule has 0 unspecified atom stereocenters. The first-order chi connectivity index (χ1) is 13.5. The molecular formula is C19H13F4N3O2S. The molecule has 0 aliphatic carbocycles. The lowest BCUT2D eigenvalue weighted by Crippen LogP contribution is -2.08. The van der Waals surface area contributed by atoms with Crippen molar-refractivity contribution in [3.05, 3.63) is 64.9 Å². The highest BCUT2D eigenvalue weighted by molar-refractivity contribution is 7.90. The lowest BCUT2D eigenvalue weighted by molar-refractivity contribution is 0.145. The van der Waals surface area contributed by atoms with Gasteiger partial charge in [0, 0.05) is 17.9 Å². The van der Waals surface area contributed by atoms with Crippen LogP contribution in [0.3, 0.4) is 0 Å². The molecule has 0 atom stereocenters. The van der Waals surface area contributed by atoms with Crippen molar-refractivity contribution >= 4 is 9.84 Å². The molecule has 0 fully saturated rings. The second-order valence-corrected chi connectivity index (χ2v) is 8.30. The molecule has 150 valence electrons. The van der Waals surface area contributed by atoms with Crippen LogP contribution in [0.5, 0.6) is 0 Å². The zero-order valence-electron chi connectivity index (χ0n) is 15.1. The summed E-state index contributed by atoms with van der Waals surface area (Å²) in [6.45, 7) is 1.64. The molecule has 0 saturated carbocycles. The van der Waals surface area contributed by atoms with Gasteiger partial charge < -0.3 is 0 Å². The van der Waals surface area contributed by atoms with E-state index in [1.54, 1.807) is 6.92 Å². The summed E-state index contributed by atoms with van der Waals surface area (Å²) < 4.78 is 79.3. The number of hydrogen-bond donors (Lipinski definition) is 0. The third-order valence-electron chi connectivity index (χ3n) is 4.22. The second-order valence-electron chi connectivity index (χ2n) is 6.31. The van der Waals surface area contributed by atoms with Crippen LogP contribution < -0.4 is 0 Å². The van der Waals surface area contributed by atoms with Gasteiger partial charge in [-0.25, -0.2) is 30.7 Å². The Bertz CT molecular complexity index is 1260. The summed E-state index contributed by atoms with van der Waals surface area (Å²) >= 11 is 0. The van der Waals surface area contributed by atoms with Crippen molar-refractivity contribution < 1.29 is 26.0 Å². The van der Waals surface area contributed by atoms with Gasteiger partial charge in [-0.1, -0.05) is 6.07 Å². The van der Waals surface area contributed by atoms with E-state index in [0.717, 1.165) is 17.0 Å². The Hall–Kier alpha value is -3.19. The highest BCUT2D eigenvalue weighted by Gasteiger charge is 2.23. The van der Waals surface area contributed by atoms with Gasteiger partial charge in [-0.15, -0.1) is 0 Å². The molecule has 0 N–H and O–H groups in total. The molecule has 1 aromatic heterocycles. The molecule has 3 rings (SSSR count). The van der Waals surface area contributed by atoms with E-state index in [0.29, 0.717) is 28.8 Å². The van der Waals surface area contributed by atoms with E-state index >= 15 is 0 Å². The van der Waals surface area contributed by atoms with Crippen LogP contribution in [-0.2, 0) is 9.84 Å². The SMILES string of the molecule is Cc1cc(-c2cc(C(F)F)nn2-c2cc(F)c(S(C)(=O)=O)cc2F)ccc1C#N. The molecule has 1 heterocycles. The fourth-order valence-corrected chi connectivity index (χ4v) is 3.54. The highest BCUT2D eigenvalue weighted by Crippen LogP contribution is 2.31. The maximum absolute atomic E-state index is 14.6. The maximum atomic E-state index is 14.6. The van der Waals surface area contributed by atoms with E-state index in [1.165, 1.54) is 18.2 Å². The fraction of sp³-hybridized carbons (Fsp3) is 0.158. The molecule has 0 saturated heterocycles. The molecule has 0 spiro atoms. The van der Waals surface area contributed by atoms with Gasteiger partial charge >= 0.3 is 0 Å². The third-order valence-corrected chi connectivity index (χ3v) is 5.34. The monoisotopic (exact) mass is 423 g/mol. The first kappa shape index (κ1) is 20.5. The standard InChI is InChI=1S/C19H13F4N3O2S/c1-10-5-11(3-4-12(10)9-24)16-8-15(19(22)23)25-26(16)17-6-14(21)18(7-13(17)20)29(2,27)28/h3-8,19H,1-2H3. The molecular weight excluding hydrogens is 410 g/mol. The van der Waals surface area contributed by atoms with Crippen LogP contribution in [0.2, 0.25) is 0 Å². The topological polar surface area (TPSA) is 75.8 Å². The van der Waals surface area contributed by atoms with Crippen LogP contribution in [0, 0.1) is 29.9 Å². The molecule has 0 amide bonds. The van der Waals surface area contributed by atoms with E-state index < -0.39 is 44.2 Å². The minimum Gasteiger partial charge on any atom is -0.230 e. The van der Waals surface area contributed by atoms with E-state index in [4.69, 9.17) is 5.26 Å². The third kappa shape index (κ3) is 3.86. The highest BCUT2D eigenvalue weighted by atomic mass is 32.2. The van der Waals surface area contributed by atoms with Crippen molar-refractivity contribution in [2.24, 2.45) is 0 Å². The van der Waals surface area contributed by atoms with Crippen molar-refractivity contribution in [3.8, 4) is 23.0 Å². The largest absolute Gasteiger partial charge is 0.282 e. The summed E-state index contributed by atoms with van der Waals surface area (Å²) in [6, 6.07) is 8.53. The average molecular weight is 423 g/mol. The number of hydrogen-bond acceptors (Lipinski definition) is 4. The summed E-state index contributed by atoms with van der Waals surface area (Å²) in [5, 5.41) is 12.7. The van der Waals surface area contributed by atoms with Crippen molar-refractivity contribution in [2.45, 2.75) is 18.2 Å². The summed E-state index contributed by atoms with van der Waals surface area (Å²) in [5.74, 6) is -2.39. The Morgan fingerprint density at radius 2 is 1.79 bits per heavy atom. The van der Waals surface area contributed by atoms with Gasteiger partial charge in [-0.3, -0.25) is 0 Å². The lowest BCUT2D eigenvalue weighted by Gasteiger charge is -2.11. The van der Waals surface area contributed by atoms with Crippen molar-refractivity contribution in [1.82, 2.24) is 9.78 Å². The van der Waals surface area contributed by atoms with Gasteiger partial charge in [-0.2, -0.15) is 10.4 Å². The molecule has 0 radical (unpaired) electrons. The van der Waals surface area contributed by atoms with Gasteiger partial charge in [0.15, 0.2) is 9.84 Å². The van der Waals surface area contributed by atoms with Gasteiger partial charge in [0.1, 0.15) is 27.9 Å². The zero-order chi connectivity index (χ0) is 21.5. The minimum absolute atomic E-state index is 0.0262. The van der Waals surface area contributed by atoms with Crippen LogP contribution in [0.15, 0.2) is 41.3 Å². The normalized spacial score (nSPS) is 11.7. The molecule has 0 aliphatic heterocycles. The number of nitrogens with zero attached hydrogens (tertiary/aromatic N) is 3. The number of benzene rings is 2. The molecule has 10 heteroatoms. The summed E-state index contributed by atoms with van der Waals surface area (Å²) in [7, 11) is -4.03. The van der Waals surface area contributed by atoms with Crippen molar-refractivity contribution in [2.75, 3.05) is 6.26 Å². The van der Waals surface area contributed by atoms with Crippen molar-refractivity contribution in [1.29, 1.82) is 5.26 Å². The number of halogens is 4. The Morgan fingerprint density at radius 3 is 2.34 bits per heavy atom. The molecule has 2 aromatic carbocycles. The summed E-state index contributed by atoms with van der Waals surface area (Å²) in [4.78, 5) is -0.851. The number of sulfone groups is 1. The fourth-order valence-electron chi connectivity index (χ4n) is 2.81. The van der Waals surface area contributed by atoms with Gasteiger partial charge in [0.2, 0.25) is 0 Å². The molecule has 5 nitrogen and oxygen atoms in total. The van der Waals surface area contributed by atoms with Crippen LogP contribution in [0.25, 0.3) is 16.9 Å². The Labute approximate surface area is 163 Å². The number of nitriles is 1. The van der Waals surface area contributed by atoms with E-state index in [-0.39, 0.29) is 5.69 Å². The van der Waals surface area contributed by atoms with Crippen LogP contribution in [-0.4, -0.2) is 24.5 Å². The van der Waals surface area contributed by atoms with Crippen molar-refractivity contribution in [3.63, 3.8) is 0 Å². The predicted molar refractivity (Wildman–Crippen MR) is 96.4 cm³/mol. The lowest BCUT2D eigenvalue weighted by atomic mass is 10.0. The van der Waals surface area contributed by atoms with Crippen LogP contribution >= 0.6 is 0 Å². The molecule has 3 aromatic rings. The number of alkyl halides is 2. The molecule has 0 bridgehead atoms. The number of aryl methyl sites for hydroxylation is 1. The summed E-state index contributed by atoms with van der Waals surface area (Å²) in [6.07, 6.45) is -2.25. The Balaban J connectivity index is 2.27. The zero-order valence-corrected chi connectivity index (χ0v) is 15.9. The first-order valence-corrected chi connectivity index (χ1v) is 10.0. The molecule has 29 heavy (non-hydrogen) atoms. The average Bonchev–Trinajstić information content (AvgIpc) is 3.07. The van der Waals surface area contributed by atoms with Gasteiger partial charge in [-0.05, 0) is 36.8 Å². The second kappa shape index (κ2) is 7.33. The quantitative estimate of drug-likeness (QED) is 0.585. The molecule has 0 aliphatic rings.